The molecule has 128 valence electrons. The van der Waals surface area contributed by atoms with Gasteiger partial charge >= 0.3 is 0 Å². The van der Waals surface area contributed by atoms with E-state index >= 15 is 0 Å². The first-order chi connectivity index (χ1) is 11.6. The van der Waals surface area contributed by atoms with Gasteiger partial charge in [-0.3, -0.25) is 9.69 Å². The lowest BCUT2D eigenvalue weighted by molar-refractivity contribution is -0.131. The highest BCUT2D eigenvalue weighted by atomic mass is 32.1. The average Bonchev–Trinajstić information content (AvgIpc) is 3.01. The second-order valence-corrected chi connectivity index (χ2v) is 7.40. The van der Waals surface area contributed by atoms with Crippen molar-refractivity contribution in [3.05, 3.63) is 52.0 Å². The monoisotopic (exact) mass is 343 g/mol. The number of hydrogen-bond acceptors (Lipinski definition) is 4. The minimum Gasteiger partial charge on any atom is -0.338 e. The Bertz CT molecular complexity index is 654. The van der Waals surface area contributed by atoms with Crippen LogP contribution in [-0.4, -0.2) is 40.3 Å². The average molecular weight is 343 g/mol. The van der Waals surface area contributed by atoms with Crippen LogP contribution in [0.25, 0.3) is 0 Å². The van der Waals surface area contributed by atoms with Crippen LogP contribution >= 0.6 is 11.3 Å². The fourth-order valence-corrected chi connectivity index (χ4v) is 3.79. The number of carbonyl (C=O) groups excluding carboxylic acids is 1. The Morgan fingerprint density at radius 2 is 2.08 bits per heavy atom. The van der Waals surface area contributed by atoms with Crippen molar-refractivity contribution in [1.29, 1.82) is 0 Å². The molecule has 1 aromatic carbocycles. The zero-order valence-electron chi connectivity index (χ0n) is 14.4. The van der Waals surface area contributed by atoms with Gasteiger partial charge in [0.2, 0.25) is 5.91 Å². The van der Waals surface area contributed by atoms with Crippen LogP contribution < -0.4 is 0 Å². The molecule has 3 rings (SSSR count). The van der Waals surface area contributed by atoms with Crippen molar-refractivity contribution in [2.24, 2.45) is 0 Å². The summed E-state index contributed by atoms with van der Waals surface area (Å²) in [6.45, 7) is 4.50. The summed E-state index contributed by atoms with van der Waals surface area (Å²) in [6.07, 6.45) is 2.60. The van der Waals surface area contributed by atoms with Crippen LogP contribution in [0, 0.1) is 6.92 Å². The van der Waals surface area contributed by atoms with E-state index in [1.54, 1.807) is 11.3 Å². The van der Waals surface area contributed by atoms with Gasteiger partial charge in [-0.2, -0.15) is 0 Å². The molecular formula is C19H25N3OS. The Kier molecular flexibility index (Phi) is 5.63. The molecular weight excluding hydrogens is 318 g/mol. The molecule has 1 saturated heterocycles. The third-order valence-corrected chi connectivity index (χ3v) is 5.42. The summed E-state index contributed by atoms with van der Waals surface area (Å²) < 4.78 is 0. The number of benzene rings is 1. The lowest BCUT2D eigenvalue weighted by Gasteiger charge is -2.26. The molecule has 24 heavy (non-hydrogen) atoms. The highest BCUT2D eigenvalue weighted by Crippen LogP contribution is 2.20. The summed E-state index contributed by atoms with van der Waals surface area (Å²) in [5, 5.41) is 2.10. The van der Waals surface area contributed by atoms with E-state index in [0.29, 0.717) is 12.5 Å². The van der Waals surface area contributed by atoms with Gasteiger partial charge in [-0.1, -0.05) is 29.8 Å². The second kappa shape index (κ2) is 7.90. The number of hydrogen-bond donors (Lipinski definition) is 0. The van der Waals surface area contributed by atoms with Crippen molar-refractivity contribution < 1.29 is 4.79 Å². The molecule has 1 aliphatic heterocycles. The second-order valence-electron chi connectivity index (χ2n) is 6.68. The lowest BCUT2D eigenvalue weighted by Crippen LogP contribution is -2.33. The number of carbonyl (C=O) groups is 1. The third-order valence-electron chi connectivity index (χ3n) is 4.79. The minimum absolute atomic E-state index is 0.278. The maximum atomic E-state index is 12.5. The summed E-state index contributed by atoms with van der Waals surface area (Å²) in [6, 6.07) is 8.92. The minimum atomic E-state index is 0.278. The highest BCUT2D eigenvalue weighted by molar-refractivity contribution is 7.07. The van der Waals surface area contributed by atoms with E-state index in [1.807, 2.05) is 10.4 Å². The van der Waals surface area contributed by atoms with Crippen molar-refractivity contribution in [3.8, 4) is 0 Å². The van der Waals surface area contributed by atoms with E-state index in [4.69, 9.17) is 0 Å². The van der Waals surface area contributed by atoms with E-state index in [1.165, 1.54) is 11.1 Å². The highest BCUT2D eigenvalue weighted by Gasteiger charge is 2.25. The molecule has 1 aliphatic rings. The summed E-state index contributed by atoms with van der Waals surface area (Å²) in [5.41, 5.74) is 5.46. The molecule has 0 bridgehead atoms. The molecule has 0 aliphatic carbocycles. The summed E-state index contributed by atoms with van der Waals surface area (Å²) >= 11 is 1.64. The van der Waals surface area contributed by atoms with Gasteiger partial charge in [0.05, 0.1) is 11.2 Å². The third kappa shape index (κ3) is 4.42. The maximum absolute atomic E-state index is 12.5. The number of thiazole rings is 1. The van der Waals surface area contributed by atoms with Gasteiger partial charge in [0, 0.05) is 37.5 Å². The summed E-state index contributed by atoms with van der Waals surface area (Å²) in [7, 11) is 2.14. The molecule has 1 amide bonds. The number of likely N-dealkylation sites (tertiary alicyclic amines) is 1. The van der Waals surface area contributed by atoms with Crippen LogP contribution in [-0.2, 0) is 17.9 Å². The fourth-order valence-electron chi connectivity index (χ4n) is 3.24. The number of aryl methyl sites for hydroxylation is 1. The molecule has 2 heterocycles. The van der Waals surface area contributed by atoms with E-state index < -0.39 is 0 Å². The van der Waals surface area contributed by atoms with Crippen molar-refractivity contribution in [2.75, 3.05) is 13.6 Å². The van der Waals surface area contributed by atoms with Crippen molar-refractivity contribution in [2.45, 2.75) is 45.3 Å². The van der Waals surface area contributed by atoms with Crippen LogP contribution in [0.1, 0.15) is 36.1 Å². The van der Waals surface area contributed by atoms with Crippen LogP contribution in [0.4, 0.5) is 0 Å². The topological polar surface area (TPSA) is 36.4 Å². The Labute approximate surface area is 148 Å². The molecule has 0 radical (unpaired) electrons. The van der Waals surface area contributed by atoms with Gasteiger partial charge in [-0.25, -0.2) is 4.98 Å². The first-order valence-corrected chi connectivity index (χ1v) is 9.47. The van der Waals surface area contributed by atoms with Gasteiger partial charge in [0.15, 0.2) is 0 Å². The first kappa shape index (κ1) is 17.1. The van der Waals surface area contributed by atoms with Gasteiger partial charge in [0.1, 0.15) is 0 Å². The number of aromatic nitrogens is 1. The summed E-state index contributed by atoms with van der Waals surface area (Å²) in [5.74, 6) is 0.278. The van der Waals surface area contributed by atoms with Gasteiger partial charge in [-0.05, 0) is 32.4 Å². The molecule has 4 nitrogen and oxygen atoms in total. The molecule has 1 atom stereocenters. The van der Waals surface area contributed by atoms with Crippen molar-refractivity contribution in [1.82, 2.24) is 14.8 Å². The fraction of sp³-hybridized carbons (Fsp3) is 0.474. The molecule has 0 N–H and O–H groups in total. The van der Waals surface area contributed by atoms with E-state index in [0.717, 1.165) is 38.2 Å². The predicted octanol–water partition coefficient (Wildman–Crippen LogP) is 3.46. The molecule has 1 unspecified atom stereocenters. The Balaban J connectivity index is 1.58. The van der Waals surface area contributed by atoms with E-state index in [2.05, 4.69) is 53.5 Å². The molecule has 1 aromatic heterocycles. The first-order valence-electron chi connectivity index (χ1n) is 8.52. The number of amides is 1. The zero-order valence-corrected chi connectivity index (χ0v) is 15.3. The quantitative estimate of drug-likeness (QED) is 0.834. The van der Waals surface area contributed by atoms with Crippen LogP contribution in [0.15, 0.2) is 35.2 Å². The molecule has 5 heteroatoms. The van der Waals surface area contributed by atoms with Crippen molar-refractivity contribution >= 4 is 17.2 Å². The lowest BCUT2D eigenvalue weighted by atomic mass is 10.1. The SMILES string of the molecule is Cc1ccc(CN2CCC(N(C)Cc3cscn3)CCC2=O)cc1. The molecule has 1 fully saturated rings. The van der Waals surface area contributed by atoms with Crippen LogP contribution in [0.2, 0.25) is 0 Å². The maximum Gasteiger partial charge on any atom is 0.222 e. The number of rotatable bonds is 5. The van der Waals surface area contributed by atoms with Crippen LogP contribution in [0.3, 0.4) is 0 Å². The Morgan fingerprint density at radius 1 is 1.29 bits per heavy atom. The predicted molar refractivity (Wildman–Crippen MR) is 97.8 cm³/mol. The molecule has 2 aromatic rings. The van der Waals surface area contributed by atoms with Gasteiger partial charge < -0.3 is 4.90 Å². The standard InChI is InChI=1S/C19H25N3OS/c1-15-3-5-16(6-4-15)11-22-10-9-18(7-8-19(22)23)21(2)12-17-13-24-14-20-17/h3-6,13-14,18H,7-12H2,1-2H3. The van der Waals surface area contributed by atoms with Gasteiger partial charge in [-0.15, -0.1) is 11.3 Å². The smallest absolute Gasteiger partial charge is 0.222 e. The summed E-state index contributed by atoms with van der Waals surface area (Å²) in [4.78, 5) is 21.2. The zero-order chi connectivity index (χ0) is 16.9. The van der Waals surface area contributed by atoms with Crippen LogP contribution in [0.5, 0.6) is 0 Å². The number of nitrogens with zero attached hydrogens (tertiary/aromatic N) is 3. The largest absolute Gasteiger partial charge is 0.338 e. The van der Waals surface area contributed by atoms with E-state index in [-0.39, 0.29) is 5.91 Å². The Morgan fingerprint density at radius 3 is 2.79 bits per heavy atom. The van der Waals surface area contributed by atoms with Gasteiger partial charge in [0.25, 0.3) is 0 Å². The molecule has 0 saturated carbocycles. The Hall–Kier alpha value is -1.72. The van der Waals surface area contributed by atoms with E-state index in [9.17, 15) is 4.79 Å². The van der Waals surface area contributed by atoms with Crippen molar-refractivity contribution in [3.63, 3.8) is 0 Å². The molecule has 0 spiro atoms. The normalized spacial score (nSPS) is 18.9.